The summed E-state index contributed by atoms with van der Waals surface area (Å²) >= 11 is 0. The molecule has 5 heterocycles. The summed E-state index contributed by atoms with van der Waals surface area (Å²) < 4.78 is 0. The smallest absolute Gasteiger partial charge is 0.162 e. The molecule has 2 aliphatic heterocycles. The van der Waals surface area contributed by atoms with Gasteiger partial charge in [-0.05, 0) is 63.1 Å². The van der Waals surface area contributed by atoms with Crippen LogP contribution in [0.2, 0.25) is 0 Å². The number of fused-ring (bicyclic) bond motifs is 8. The molecule has 0 aromatic carbocycles. The molecule has 186 valence electrons. The third-order valence-corrected chi connectivity index (χ3v) is 7.68. The van der Waals surface area contributed by atoms with Gasteiger partial charge in [-0.3, -0.25) is 19.6 Å². The maximum absolute atomic E-state index is 12.7. The van der Waals surface area contributed by atoms with Crippen LogP contribution in [0.1, 0.15) is 96.2 Å². The normalized spacial score (nSPS) is 16.2. The zero-order chi connectivity index (χ0) is 26.2. The van der Waals surface area contributed by atoms with E-state index in [0.717, 1.165) is 68.8 Å². The molecule has 0 spiro atoms. The number of aromatic amines is 2. The second-order valence-corrected chi connectivity index (χ2v) is 11.7. The Hall–Kier alpha value is -3.54. The van der Waals surface area contributed by atoms with Crippen molar-refractivity contribution < 1.29 is 9.59 Å². The first kappa shape index (κ1) is 24.2. The monoisotopic (exact) mass is 482 g/mol. The molecular formula is C30H34N4O2. The van der Waals surface area contributed by atoms with Gasteiger partial charge in [-0.15, -0.1) is 0 Å². The maximum Gasteiger partial charge on any atom is 0.162 e. The number of aromatic nitrogens is 4. The van der Waals surface area contributed by atoms with Crippen molar-refractivity contribution in [2.45, 2.75) is 79.1 Å². The van der Waals surface area contributed by atoms with Crippen molar-refractivity contribution in [3.05, 3.63) is 69.3 Å². The van der Waals surface area contributed by atoms with Gasteiger partial charge in [0.2, 0.25) is 0 Å². The molecule has 0 fully saturated rings. The quantitative estimate of drug-likeness (QED) is 0.415. The van der Waals surface area contributed by atoms with Gasteiger partial charge in [0.25, 0.3) is 0 Å². The Kier molecular flexibility index (Phi) is 5.36. The van der Waals surface area contributed by atoms with Crippen LogP contribution in [-0.2, 0) is 23.7 Å². The zero-order valence-electron chi connectivity index (χ0n) is 22.4. The average Bonchev–Trinajstić information content (AvgIpc) is 3.39. The largest absolute Gasteiger partial charge is 0.355 e. The van der Waals surface area contributed by atoms with Crippen molar-refractivity contribution in [1.29, 1.82) is 0 Å². The van der Waals surface area contributed by atoms with Crippen molar-refractivity contribution in [3.8, 4) is 0 Å². The van der Waals surface area contributed by atoms with Crippen LogP contribution in [0.3, 0.4) is 0 Å². The molecular weight excluding hydrogens is 448 g/mol. The second-order valence-electron chi connectivity index (χ2n) is 11.7. The van der Waals surface area contributed by atoms with Gasteiger partial charge in [0.1, 0.15) is 0 Å². The van der Waals surface area contributed by atoms with Crippen molar-refractivity contribution in [2.75, 3.05) is 0 Å². The number of Topliss-reactive ketones (excluding diaryl/α,β-unsaturated/α-hetero) is 2. The molecule has 0 atom stereocenters. The molecule has 3 aromatic heterocycles. The standard InChI is InChI=1S/C30H34N4O2/c1-15-21-11-25-29(5,6)14-20(31-25)10-24-28(18(4)36)16(2)22(34-24)12-26-30(7,8)13-19(32-26)9-23(33-21)27(15)17(3)35/h9-12,33-34H,13-14H2,1-8H3. The fraction of sp³-hybridized carbons (Fsp3) is 0.400. The SMILES string of the molecule is CC(=O)c1c(C)c2cc3nc(cc4[nH]c(cc5nc(cc1[nH]2)CC5(C)C)c(C)c4C(C)=O)CC3(C)C. The molecule has 0 amide bonds. The number of hydrogen-bond donors (Lipinski definition) is 2. The Balaban J connectivity index is 1.98. The van der Waals surface area contributed by atoms with Gasteiger partial charge in [0.05, 0.1) is 11.0 Å². The molecule has 3 aromatic rings. The first-order chi connectivity index (χ1) is 16.8. The molecule has 0 unspecified atom stereocenters. The van der Waals surface area contributed by atoms with Gasteiger partial charge in [-0.1, -0.05) is 27.7 Å². The Morgan fingerprint density at radius 1 is 0.667 bits per heavy atom. The fourth-order valence-electron chi connectivity index (χ4n) is 5.70. The van der Waals surface area contributed by atoms with Crippen LogP contribution in [0.25, 0.3) is 22.1 Å². The lowest BCUT2D eigenvalue weighted by molar-refractivity contribution is 0.101. The maximum atomic E-state index is 12.7. The van der Waals surface area contributed by atoms with Crippen LogP contribution in [0.4, 0.5) is 0 Å². The summed E-state index contributed by atoms with van der Waals surface area (Å²) in [5, 5.41) is 0. The van der Waals surface area contributed by atoms with E-state index in [0.29, 0.717) is 11.1 Å². The predicted octanol–water partition coefficient (Wildman–Crippen LogP) is 6.38. The number of rotatable bonds is 2. The number of aryl methyl sites for hydroxylation is 2. The number of nitrogens with zero attached hydrogens (tertiary/aromatic N) is 2. The van der Waals surface area contributed by atoms with Gasteiger partial charge >= 0.3 is 0 Å². The molecule has 2 aliphatic rings. The van der Waals surface area contributed by atoms with E-state index in [1.807, 2.05) is 26.0 Å². The number of H-pyrrole nitrogens is 2. The Morgan fingerprint density at radius 3 is 1.36 bits per heavy atom. The highest BCUT2D eigenvalue weighted by molar-refractivity contribution is 6.05. The Bertz CT molecular complexity index is 1490. The minimum Gasteiger partial charge on any atom is -0.355 e. The molecule has 2 N–H and O–H groups in total. The van der Waals surface area contributed by atoms with Crippen LogP contribution in [0.15, 0.2) is 24.3 Å². The van der Waals surface area contributed by atoms with Crippen molar-refractivity contribution in [3.63, 3.8) is 0 Å². The molecule has 6 heteroatoms. The number of carbonyl (C=O) groups excluding carboxylic acids is 2. The second kappa shape index (κ2) is 7.99. The summed E-state index contributed by atoms with van der Waals surface area (Å²) in [5.74, 6) is 0.0563. The highest BCUT2D eigenvalue weighted by atomic mass is 16.1. The van der Waals surface area contributed by atoms with Gasteiger partial charge in [0.15, 0.2) is 11.6 Å². The van der Waals surface area contributed by atoms with Crippen LogP contribution in [-0.4, -0.2) is 31.5 Å². The minimum absolute atomic E-state index is 0.0281. The highest BCUT2D eigenvalue weighted by Crippen LogP contribution is 2.35. The number of carbonyl (C=O) groups is 2. The summed E-state index contributed by atoms with van der Waals surface area (Å²) in [7, 11) is 0. The van der Waals surface area contributed by atoms with Crippen molar-refractivity contribution in [1.82, 2.24) is 19.9 Å². The third-order valence-electron chi connectivity index (χ3n) is 7.68. The van der Waals surface area contributed by atoms with Crippen molar-refractivity contribution in [2.24, 2.45) is 0 Å². The van der Waals surface area contributed by atoms with Gasteiger partial charge < -0.3 is 9.97 Å². The Labute approximate surface area is 211 Å². The van der Waals surface area contributed by atoms with Crippen LogP contribution < -0.4 is 0 Å². The molecule has 0 saturated heterocycles. The number of nitrogens with one attached hydrogen (secondary N) is 2. The van der Waals surface area contributed by atoms with Crippen molar-refractivity contribution >= 4 is 33.6 Å². The van der Waals surface area contributed by atoms with E-state index in [9.17, 15) is 9.59 Å². The van der Waals surface area contributed by atoms with Crippen LogP contribution in [0.5, 0.6) is 0 Å². The summed E-state index contributed by atoms with van der Waals surface area (Å²) in [4.78, 5) is 42.3. The predicted molar refractivity (Wildman–Crippen MR) is 144 cm³/mol. The van der Waals surface area contributed by atoms with E-state index >= 15 is 0 Å². The first-order valence-corrected chi connectivity index (χ1v) is 12.5. The molecule has 8 bridgehead atoms. The lowest BCUT2D eigenvalue weighted by Gasteiger charge is -2.15. The summed E-state index contributed by atoms with van der Waals surface area (Å²) in [6.07, 6.45) is 1.51. The van der Waals surface area contributed by atoms with E-state index in [1.165, 1.54) is 0 Å². The fourth-order valence-corrected chi connectivity index (χ4v) is 5.70. The average molecular weight is 483 g/mol. The minimum atomic E-state index is -0.187. The molecule has 0 saturated carbocycles. The Morgan fingerprint density at radius 2 is 1.03 bits per heavy atom. The highest BCUT2D eigenvalue weighted by Gasteiger charge is 2.31. The lowest BCUT2D eigenvalue weighted by Crippen LogP contribution is -2.15. The van der Waals surface area contributed by atoms with Gasteiger partial charge in [0, 0.05) is 68.6 Å². The van der Waals surface area contributed by atoms with Gasteiger partial charge in [-0.2, -0.15) is 0 Å². The van der Waals surface area contributed by atoms with Gasteiger partial charge in [-0.25, -0.2) is 0 Å². The first-order valence-electron chi connectivity index (χ1n) is 12.5. The van der Waals surface area contributed by atoms with E-state index in [1.54, 1.807) is 13.8 Å². The van der Waals surface area contributed by atoms with E-state index in [4.69, 9.17) is 9.97 Å². The van der Waals surface area contributed by atoms with E-state index in [-0.39, 0.29) is 22.4 Å². The topological polar surface area (TPSA) is 91.5 Å². The molecule has 36 heavy (non-hydrogen) atoms. The summed E-state index contributed by atoms with van der Waals surface area (Å²) in [5.41, 5.74) is 9.97. The summed E-state index contributed by atoms with van der Waals surface area (Å²) in [6.45, 7) is 15.9. The summed E-state index contributed by atoms with van der Waals surface area (Å²) in [6, 6.07) is 8.15. The third kappa shape index (κ3) is 3.89. The molecule has 0 radical (unpaired) electrons. The van der Waals surface area contributed by atoms with Crippen LogP contribution >= 0.6 is 0 Å². The lowest BCUT2D eigenvalue weighted by atomic mass is 9.86. The molecule has 0 aliphatic carbocycles. The van der Waals surface area contributed by atoms with E-state index < -0.39 is 0 Å². The number of hydrogen-bond acceptors (Lipinski definition) is 4. The van der Waals surface area contributed by atoms with E-state index in [2.05, 4.69) is 49.8 Å². The van der Waals surface area contributed by atoms with Crippen LogP contribution in [0, 0.1) is 13.8 Å². The molecule has 6 nitrogen and oxygen atoms in total. The molecule has 5 rings (SSSR count). The number of ketones is 2. The zero-order valence-corrected chi connectivity index (χ0v) is 22.4.